The van der Waals surface area contributed by atoms with Crippen LogP contribution >= 0.6 is 11.8 Å². The predicted octanol–water partition coefficient (Wildman–Crippen LogP) is 4.04. The number of nitrogens with zero attached hydrogens (tertiary/aromatic N) is 2. The van der Waals surface area contributed by atoms with Gasteiger partial charge in [0, 0.05) is 19.1 Å². The lowest BCUT2D eigenvalue weighted by Gasteiger charge is -2.34. The van der Waals surface area contributed by atoms with Crippen LogP contribution in [0.2, 0.25) is 0 Å². The fourth-order valence-corrected chi connectivity index (χ4v) is 6.71. The van der Waals surface area contributed by atoms with Crippen molar-refractivity contribution >= 4 is 38.8 Å². The molecule has 1 aromatic carbocycles. The lowest BCUT2D eigenvalue weighted by atomic mass is 9.78. The Balaban J connectivity index is 1.39. The number of sulfonamides is 1. The smallest absolute Gasteiger partial charge is 0.257 e. The highest BCUT2D eigenvalue weighted by Gasteiger charge is 2.29. The van der Waals surface area contributed by atoms with Gasteiger partial charge in [0.15, 0.2) is 5.58 Å². The lowest BCUT2D eigenvalue weighted by Crippen LogP contribution is -2.44. The van der Waals surface area contributed by atoms with Crippen molar-refractivity contribution in [1.29, 1.82) is 0 Å². The average molecular weight is 466 g/mol. The van der Waals surface area contributed by atoms with Crippen LogP contribution in [0.1, 0.15) is 52.4 Å². The van der Waals surface area contributed by atoms with E-state index in [1.807, 2.05) is 0 Å². The molecule has 1 saturated carbocycles. The summed E-state index contributed by atoms with van der Waals surface area (Å²) in [7, 11) is -3.52. The number of carbonyl (C=O) groups excluding carboxylic acids is 1. The van der Waals surface area contributed by atoms with Gasteiger partial charge >= 0.3 is 0 Å². The number of aromatic nitrogens is 1. The minimum absolute atomic E-state index is 0.0217. The van der Waals surface area contributed by atoms with Crippen LogP contribution < -0.4 is 5.32 Å². The van der Waals surface area contributed by atoms with Crippen LogP contribution in [0.15, 0.2) is 32.7 Å². The Morgan fingerprint density at radius 2 is 1.97 bits per heavy atom. The molecule has 2 aromatic rings. The Labute approximate surface area is 188 Å². The molecule has 1 N–H and O–H groups in total. The molecule has 0 radical (unpaired) electrons. The second-order valence-electron chi connectivity index (χ2n) is 8.80. The molecular formula is C22H31N3O4S2. The number of nitrogens with one attached hydrogen (secondary N) is 1. The maximum Gasteiger partial charge on any atom is 0.257 e. The Morgan fingerprint density at radius 3 is 2.74 bits per heavy atom. The molecule has 4 rings (SSSR count). The second kappa shape index (κ2) is 9.50. The monoisotopic (exact) mass is 465 g/mol. The molecule has 2 aliphatic rings. The summed E-state index contributed by atoms with van der Waals surface area (Å²) in [6.45, 7) is 5.58. The molecule has 170 valence electrons. The van der Waals surface area contributed by atoms with E-state index in [4.69, 9.17) is 4.42 Å². The van der Waals surface area contributed by atoms with Crippen molar-refractivity contribution < 1.29 is 17.6 Å². The molecule has 7 nitrogen and oxygen atoms in total. The van der Waals surface area contributed by atoms with E-state index in [1.165, 1.54) is 18.2 Å². The molecule has 2 fully saturated rings. The first-order valence-electron chi connectivity index (χ1n) is 11.2. The van der Waals surface area contributed by atoms with Gasteiger partial charge in [-0.05, 0) is 49.3 Å². The third-order valence-corrected chi connectivity index (χ3v) is 9.39. The maximum atomic E-state index is 12.9. The molecule has 9 heteroatoms. The van der Waals surface area contributed by atoms with Crippen LogP contribution in [-0.4, -0.2) is 48.5 Å². The number of rotatable bonds is 6. The topological polar surface area (TPSA) is 92.5 Å². The van der Waals surface area contributed by atoms with Gasteiger partial charge in [-0.1, -0.05) is 44.9 Å². The number of oxazole rings is 1. The fraction of sp³-hybridized carbons (Fsp3) is 0.636. The van der Waals surface area contributed by atoms with E-state index in [9.17, 15) is 13.2 Å². The zero-order valence-corrected chi connectivity index (χ0v) is 19.8. The van der Waals surface area contributed by atoms with Crippen LogP contribution in [0, 0.1) is 11.8 Å². The summed E-state index contributed by atoms with van der Waals surface area (Å²) in [5.41, 5.74) is 1.02. The van der Waals surface area contributed by atoms with Gasteiger partial charge in [0.2, 0.25) is 15.9 Å². The highest BCUT2D eigenvalue weighted by molar-refractivity contribution is 7.99. The number of benzene rings is 1. The minimum atomic E-state index is -3.52. The molecule has 1 amide bonds. The zero-order chi connectivity index (χ0) is 22.0. The number of fused-ring (bicyclic) bond motifs is 1. The molecule has 2 heterocycles. The van der Waals surface area contributed by atoms with Crippen molar-refractivity contribution in [1.82, 2.24) is 14.6 Å². The minimum Gasteiger partial charge on any atom is -0.431 e. The number of hydrogen-bond acceptors (Lipinski definition) is 6. The van der Waals surface area contributed by atoms with E-state index < -0.39 is 10.0 Å². The Morgan fingerprint density at radius 1 is 1.19 bits per heavy atom. The summed E-state index contributed by atoms with van der Waals surface area (Å²) < 4.78 is 33.1. The van der Waals surface area contributed by atoms with Crippen LogP contribution in [0.25, 0.3) is 11.1 Å². The van der Waals surface area contributed by atoms with Crippen molar-refractivity contribution in [2.75, 3.05) is 18.8 Å². The predicted molar refractivity (Wildman–Crippen MR) is 121 cm³/mol. The molecule has 3 atom stereocenters. The normalized spacial score (nSPS) is 25.5. The third kappa shape index (κ3) is 5.09. The van der Waals surface area contributed by atoms with E-state index in [-0.39, 0.29) is 22.6 Å². The molecule has 31 heavy (non-hydrogen) atoms. The van der Waals surface area contributed by atoms with Crippen molar-refractivity contribution in [3.05, 3.63) is 18.2 Å². The highest BCUT2D eigenvalue weighted by atomic mass is 32.2. The van der Waals surface area contributed by atoms with Crippen LogP contribution in [0.4, 0.5) is 0 Å². The lowest BCUT2D eigenvalue weighted by molar-refractivity contribution is -0.120. The number of carbonyl (C=O) groups is 1. The average Bonchev–Trinajstić information content (AvgIpc) is 3.18. The Kier molecular flexibility index (Phi) is 6.93. The first-order chi connectivity index (χ1) is 14.8. The Hall–Kier alpha value is -1.58. The first kappa shape index (κ1) is 22.6. The first-order valence-corrected chi connectivity index (χ1v) is 13.6. The zero-order valence-electron chi connectivity index (χ0n) is 18.2. The second-order valence-corrected chi connectivity index (χ2v) is 11.7. The molecule has 1 aliphatic heterocycles. The summed E-state index contributed by atoms with van der Waals surface area (Å²) in [6, 6.07) is 5.01. The van der Waals surface area contributed by atoms with Crippen LogP contribution in [0.5, 0.6) is 0 Å². The van der Waals surface area contributed by atoms with Gasteiger partial charge in [0.05, 0.1) is 10.6 Å². The van der Waals surface area contributed by atoms with Gasteiger partial charge < -0.3 is 9.73 Å². The number of piperidine rings is 1. The molecular weight excluding hydrogens is 434 g/mol. The molecule has 0 spiro atoms. The van der Waals surface area contributed by atoms with Crippen molar-refractivity contribution in [3.63, 3.8) is 0 Å². The van der Waals surface area contributed by atoms with Crippen molar-refractivity contribution in [2.45, 2.75) is 68.5 Å². The van der Waals surface area contributed by atoms with Gasteiger partial charge in [0.1, 0.15) is 5.52 Å². The van der Waals surface area contributed by atoms with Crippen LogP contribution in [-0.2, 0) is 14.8 Å². The molecule has 0 unspecified atom stereocenters. The fourth-order valence-electron chi connectivity index (χ4n) is 4.52. The summed E-state index contributed by atoms with van der Waals surface area (Å²) >= 11 is 1.24. The third-order valence-electron chi connectivity index (χ3n) is 6.67. The summed E-state index contributed by atoms with van der Waals surface area (Å²) in [4.78, 5) is 17.1. The Bertz CT molecular complexity index is 1030. The SMILES string of the molecule is C[C@H]1[C@H](C)CCC[C@@H]1NC(=O)CSc1nc2cc(S(=O)(=O)N3CCCCC3)ccc2o1. The molecule has 1 aromatic heterocycles. The summed E-state index contributed by atoms with van der Waals surface area (Å²) in [5, 5.41) is 3.53. The van der Waals surface area contributed by atoms with E-state index >= 15 is 0 Å². The van der Waals surface area contributed by atoms with Gasteiger partial charge in [-0.3, -0.25) is 4.79 Å². The van der Waals surface area contributed by atoms with Gasteiger partial charge in [-0.2, -0.15) is 4.31 Å². The quantitative estimate of drug-likeness (QED) is 0.648. The molecule has 0 bridgehead atoms. The largest absolute Gasteiger partial charge is 0.431 e. The van der Waals surface area contributed by atoms with Crippen LogP contribution in [0.3, 0.4) is 0 Å². The highest BCUT2D eigenvalue weighted by Crippen LogP contribution is 2.30. The van der Waals surface area contributed by atoms with E-state index in [0.717, 1.165) is 32.1 Å². The number of hydrogen-bond donors (Lipinski definition) is 1. The van der Waals surface area contributed by atoms with Crippen molar-refractivity contribution in [3.8, 4) is 0 Å². The molecule has 1 aliphatic carbocycles. The van der Waals surface area contributed by atoms with E-state index in [0.29, 0.717) is 41.2 Å². The van der Waals surface area contributed by atoms with E-state index in [1.54, 1.807) is 22.5 Å². The van der Waals surface area contributed by atoms with Gasteiger partial charge in [0.25, 0.3) is 5.22 Å². The van der Waals surface area contributed by atoms with Gasteiger partial charge in [-0.15, -0.1) is 0 Å². The molecule has 1 saturated heterocycles. The standard InChI is InChI=1S/C22H31N3O4S2/c1-15-7-6-8-18(16(15)2)23-21(26)14-30-22-24-19-13-17(9-10-20(19)29-22)31(27,28)25-11-4-3-5-12-25/h9-10,13,15-16,18H,3-8,11-12,14H2,1-2H3,(H,23,26)/t15-,16+,18+/m1/s1. The van der Waals surface area contributed by atoms with E-state index in [2.05, 4.69) is 24.1 Å². The number of thioether (sulfide) groups is 1. The number of amides is 1. The van der Waals surface area contributed by atoms with Crippen molar-refractivity contribution in [2.24, 2.45) is 11.8 Å². The van der Waals surface area contributed by atoms with Gasteiger partial charge in [-0.25, -0.2) is 13.4 Å². The summed E-state index contributed by atoms with van der Waals surface area (Å²) in [6.07, 6.45) is 6.26. The summed E-state index contributed by atoms with van der Waals surface area (Å²) in [5.74, 6) is 1.31. The maximum absolute atomic E-state index is 12.9.